The van der Waals surface area contributed by atoms with Gasteiger partial charge in [0.1, 0.15) is 11.6 Å². The number of carbonyl (C=O) groups is 1. The summed E-state index contributed by atoms with van der Waals surface area (Å²) < 4.78 is 26.3. The van der Waals surface area contributed by atoms with Crippen LogP contribution in [0.4, 0.5) is 8.78 Å². The molecule has 0 radical (unpaired) electrons. The van der Waals surface area contributed by atoms with E-state index in [-0.39, 0.29) is 13.1 Å². The van der Waals surface area contributed by atoms with E-state index < -0.39 is 17.6 Å². The van der Waals surface area contributed by atoms with E-state index in [1.807, 2.05) is 0 Å². The minimum absolute atomic E-state index is 0.115. The molecule has 2 rings (SSSR count). The second kappa shape index (κ2) is 4.17. The maximum absolute atomic E-state index is 13.4. The van der Waals surface area contributed by atoms with Crippen molar-refractivity contribution in [1.29, 1.82) is 0 Å². The predicted octanol–water partition coefficient (Wildman–Crippen LogP) is 1.41. The van der Waals surface area contributed by atoms with Crippen LogP contribution in [0.15, 0.2) is 12.1 Å². The fourth-order valence-corrected chi connectivity index (χ4v) is 1.96. The number of hydrogen-bond acceptors (Lipinski definition) is 2. The smallest absolute Gasteiger partial charge is 0.317 e. The third-order valence-electron chi connectivity index (χ3n) is 2.69. The Morgan fingerprint density at radius 2 is 2.19 bits per heavy atom. The summed E-state index contributed by atoms with van der Waals surface area (Å²) in [5, 5.41) is 8.63. The first-order valence-corrected chi connectivity index (χ1v) is 4.97. The molecule has 0 amide bonds. The van der Waals surface area contributed by atoms with Crippen molar-refractivity contribution in [3.63, 3.8) is 0 Å². The highest BCUT2D eigenvalue weighted by Crippen LogP contribution is 2.22. The molecule has 3 nitrogen and oxygen atoms in total. The Balaban J connectivity index is 2.23. The van der Waals surface area contributed by atoms with E-state index in [4.69, 9.17) is 5.11 Å². The first-order valence-electron chi connectivity index (χ1n) is 4.97. The van der Waals surface area contributed by atoms with Crippen molar-refractivity contribution in [3.8, 4) is 0 Å². The van der Waals surface area contributed by atoms with Crippen LogP contribution >= 0.6 is 0 Å². The van der Waals surface area contributed by atoms with E-state index in [2.05, 4.69) is 0 Å². The highest BCUT2D eigenvalue weighted by molar-refractivity contribution is 5.69. The second-order valence-corrected chi connectivity index (χ2v) is 3.88. The van der Waals surface area contributed by atoms with Gasteiger partial charge < -0.3 is 5.11 Å². The van der Waals surface area contributed by atoms with Crippen LogP contribution in [0.3, 0.4) is 0 Å². The molecule has 0 atom stereocenters. The average Bonchev–Trinajstić information content (AvgIpc) is 2.18. The van der Waals surface area contributed by atoms with Crippen molar-refractivity contribution in [2.75, 3.05) is 13.1 Å². The van der Waals surface area contributed by atoms with Crippen LogP contribution in [0.2, 0.25) is 0 Å². The molecule has 86 valence electrons. The fraction of sp³-hybridized carbons (Fsp3) is 0.364. The summed E-state index contributed by atoms with van der Waals surface area (Å²) in [6.07, 6.45) is 0.483. The van der Waals surface area contributed by atoms with Crippen LogP contribution in [0, 0.1) is 11.6 Å². The van der Waals surface area contributed by atoms with Gasteiger partial charge >= 0.3 is 5.97 Å². The van der Waals surface area contributed by atoms with Crippen molar-refractivity contribution < 1.29 is 18.7 Å². The highest BCUT2D eigenvalue weighted by atomic mass is 19.1. The molecule has 0 spiro atoms. The molecular weight excluding hydrogens is 216 g/mol. The van der Waals surface area contributed by atoms with Crippen LogP contribution in [-0.2, 0) is 17.8 Å². The fourth-order valence-electron chi connectivity index (χ4n) is 1.96. The van der Waals surface area contributed by atoms with E-state index in [0.29, 0.717) is 24.1 Å². The first-order chi connectivity index (χ1) is 7.56. The number of aliphatic carboxylic acids is 1. The molecular formula is C11H11F2NO2. The number of carboxylic acid groups (broad SMARTS) is 1. The Morgan fingerprint density at radius 1 is 1.44 bits per heavy atom. The molecule has 5 heteroatoms. The Kier molecular flexibility index (Phi) is 2.87. The SMILES string of the molecule is O=C(O)CN1CCc2cc(F)cc(F)c2C1. The molecule has 1 aromatic rings. The van der Waals surface area contributed by atoms with Gasteiger partial charge in [0, 0.05) is 24.7 Å². The van der Waals surface area contributed by atoms with Gasteiger partial charge in [-0.25, -0.2) is 8.78 Å². The molecule has 1 aliphatic heterocycles. The summed E-state index contributed by atoms with van der Waals surface area (Å²) in [6, 6.07) is 2.15. The van der Waals surface area contributed by atoms with Crippen molar-refractivity contribution in [2.24, 2.45) is 0 Å². The van der Waals surface area contributed by atoms with E-state index in [1.54, 1.807) is 4.90 Å². The monoisotopic (exact) mass is 227 g/mol. The van der Waals surface area contributed by atoms with Crippen molar-refractivity contribution >= 4 is 5.97 Å². The van der Waals surface area contributed by atoms with Crippen LogP contribution in [-0.4, -0.2) is 29.1 Å². The van der Waals surface area contributed by atoms with Crippen molar-refractivity contribution in [3.05, 3.63) is 34.9 Å². The molecule has 0 bridgehead atoms. The number of benzene rings is 1. The predicted molar refractivity (Wildman–Crippen MR) is 53.0 cm³/mol. The van der Waals surface area contributed by atoms with Gasteiger partial charge in [-0.1, -0.05) is 0 Å². The standard InChI is InChI=1S/C11H11F2NO2/c12-8-3-7-1-2-14(6-11(15)16)5-9(7)10(13)4-8/h3-4H,1-2,5-6H2,(H,15,16). The van der Waals surface area contributed by atoms with Crippen LogP contribution in [0.1, 0.15) is 11.1 Å². The van der Waals surface area contributed by atoms with Gasteiger partial charge in [-0.15, -0.1) is 0 Å². The minimum Gasteiger partial charge on any atom is -0.480 e. The van der Waals surface area contributed by atoms with Gasteiger partial charge in [0.15, 0.2) is 0 Å². The lowest BCUT2D eigenvalue weighted by molar-refractivity contribution is -0.138. The number of nitrogens with zero attached hydrogens (tertiary/aromatic N) is 1. The normalized spacial score (nSPS) is 15.9. The quantitative estimate of drug-likeness (QED) is 0.830. The van der Waals surface area contributed by atoms with Gasteiger partial charge in [-0.2, -0.15) is 0 Å². The third kappa shape index (κ3) is 2.19. The molecule has 1 heterocycles. The first kappa shape index (κ1) is 11.0. The summed E-state index contributed by atoms with van der Waals surface area (Å²) in [5.74, 6) is -2.11. The van der Waals surface area contributed by atoms with Gasteiger partial charge in [0.2, 0.25) is 0 Å². The zero-order valence-corrected chi connectivity index (χ0v) is 8.54. The molecule has 0 fully saturated rings. The van der Waals surface area contributed by atoms with E-state index >= 15 is 0 Å². The molecule has 1 N–H and O–H groups in total. The maximum Gasteiger partial charge on any atom is 0.317 e. The summed E-state index contributed by atoms with van der Waals surface area (Å²) in [4.78, 5) is 12.2. The molecule has 0 unspecified atom stereocenters. The van der Waals surface area contributed by atoms with Gasteiger partial charge in [0.05, 0.1) is 6.54 Å². The van der Waals surface area contributed by atoms with Crippen molar-refractivity contribution in [1.82, 2.24) is 4.90 Å². The van der Waals surface area contributed by atoms with Gasteiger partial charge in [-0.05, 0) is 18.1 Å². The van der Waals surface area contributed by atoms with E-state index in [1.165, 1.54) is 6.07 Å². The zero-order valence-electron chi connectivity index (χ0n) is 8.54. The Bertz CT molecular complexity index is 434. The second-order valence-electron chi connectivity index (χ2n) is 3.88. The Hall–Kier alpha value is -1.49. The van der Waals surface area contributed by atoms with Crippen molar-refractivity contribution in [2.45, 2.75) is 13.0 Å². The molecule has 16 heavy (non-hydrogen) atoms. The molecule has 0 aliphatic carbocycles. The molecule has 0 saturated heterocycles. The highest BCUT2D eigenvalue weighted by Gasteiger charge is 2.21. The third-order valence-corrected chi connectivity index (χ3v) is 2.69. The number of rotatable bonds is 2. The maximum atomic E-state index is 13.4. The Morgan fingerprint density at radius 3 is 2.88 bits per heavy atom. The number of carboxylic acids is 1. The lowest BCUT2D eigenvalue weighted by Gasteiger charge is -2.27. The molecule has 0 saturated carbocycles. The summed E-state index contributed by atoms with van der Waals surface area (Å²) in [5.41, 5.74) is 1.05. The molecule has 0 aromatic heterocycles. The lowest BCUT2D eigenvalue weighted by Crippen LogP contribution is -2.35. The van der Waals surface area contributed by atoms with Crippen LogP contribution in [0.5, 0.6) is 0 Å². The van der Waals surface area contributed by atoms with Crippen LogP contribution < -0.4 is 0 Å². The largest absolute Gasteiger partial charge is 0.480 e. The van der Waals surface area contributed by atoms with Gasteiger partial charge in [0.25, 0.3) is 0 Å². The zero-order chi connectivity index (χ0) is 11.7. The summed E-state index contributed by atoms with van der Waals surface area (Å²) in [6.45, 7) is 0.631. The van der Waals surface area contributed by atoms with E-state index in [9.17, 15) is 13.6 Å². The number of halogens is 2. The summed E-state index contributed by atoms with van der Waals surface area (Å²) >= 11 is 0. The minimum atomic E-state index is -0.939. The lowest BCUT2D eigenvalue weighted by atomic mass is 9.99. The van der Waals surface area contributed by atoms with Gasteiger partial charge in [-0.3, -0.25) is 9.69 Å². The number of fused-ring (bicyclic) bond motifs is 1. The van der Waals surface area contributed by atoms with Crippen LogP contribution in [0.25, 0.3) is 0 Å². The Labute approximate surface area is 91.3 Å². The topological polar surface area (TPSA) is 40.5 Å². The molecule has 1 aliphatic rings. The molecule has 1 aromatic carbocycles. The average molecular weight is 227 g/mol. The van der Waals surface area contributed by atoms with E-state index in [0.717, 1.165) is 6.07 Å². The summed E-state index contributed by atoms with van der Waals surface area (Å²) in [7, 11) is 0. The number of hydrogen-bond donors (Lipinski definition) is 1.